The predicted octanol–water partition coefficient (Wildman–Crippen LogP) is 0.782. The van der Waals surface area contributed by atoms with Crippen molar-refractivity contribution < 1.29 is 28.5 Å². The average molecular weight is 250 g/mol. The largest absolute Gasteiger partial charge is 0.463 e. The van der Waals surface area contributed by atoms with Crippen molar-refractivity contribution in [3.8, 4) is 0 Å². The van der Waals surface area contributed by atoms with Crippen molar-refractivity contribution in [2.24, 2.45) is 0 Å². The van der Waals surface area contributed by atoms with Gasteiger partial charge in [-0.25, -0.2) is 0 Å². The van der Waals surface area contributed by atoms with E-state index in [4.69, 9.17) is 4.74 Å². The van der Waals surface area contributed by atoms with Crippen LogP contribution in [0.25, 0.3) is 0 Å². The molecule has 6 heteroatoms. The van der Waals surface area contributed by atoms with E-state index in [1.807, 2.05) is 6.92 Å². The number of carbonyl (C=O) groups excluding carboxylic acids is 2. The number of rotatable bonds is 7. The van der Waals surface area contributed by atoms with Crippen LogP contribution in [0.5, 0.6) is 0 Å². The maximum atomic E-state index is 10.1. The molecule has 0 fully saturated rings. The normalized spacial score (nSPS) is 8.94. The van der Waals surface area contributed by atoms with Gasteiger partial charge in [-0.2, -0.15) is 0 Å². The Morgan fingerprint density at radius 3 is 1.71 bits per heavy atom. The van der Waals surface area contributed by atoms with Crippen molar-refractivity contribution in [2.75, 3.05) is 40.1 Å². The second kappa shape index (κ2) is 14.9. The lowest BCUT2D eigenvalue weighted by Gasteiger charge is -1.99. The molecule has 0 bridgehead atoms. The molecule has 0 amide bonds. The van der Waals surface area contributed by atoms with E-state index in [1.165, 1.54) is 13.8 Å². The first kappa shape index (κ1) is 18.2. The standard InChI is InChI=1S/C6H12O3.C5H10O3/c1-3-8-4-5-9-6(2)7;1-5(6)8-4-3-7-2/h3-5H2,1-2H3;3-4H2,1-2H3. The lowest BCUT2D eigenvalue weighted by Crippen LogP contribution is -2.06. The maximum Gasteiger partial charge on any atom is 0.302 e. The first-order chi connectivity index (χ1) is 8.04. The summed E-state index contributed by atoms with van der Waals surface area (Å²) in [7, 11) is 1.56. The van der Waals surface area contributed by atoms with Crippen LogP contribution in [-0.4, -0.2) is 52.1 Å². The van der Waals surface area contributed by atoms with Crippen LogP contribution in [0.2, 0.25) is 0 Å². The van der Waals surface area contributed by atoms with E-state index in [0.717, 1.165) is 0 Å². The summed E-state index contributed by atoms with van der Waals surface area (Å²) in [6.45, 7) is 7.00. The zero-order valence-electron chi connectivity index (χ0n) is 11.0. The second-order valence-corrected chi connectivity index (χ2v) is 2.87. The summed E-state index contributed by atoms with van der Waals surface area (Å²) in [6, 6.07) is 0. The Morgan fingerprint density at radius 1 is 0.882 bits per heavy atom. The Balaban J connectivity index is 0. The lowest BCUT2D eigenvalue weighted by atomic mass is 10.7. The van der Waals surface area contributed by atoms with Crippen molar-refractivity contribution in [2.45, 2.75) is 20.8 Å². The van der Waals surface area contributed by atoms with Gasteiger partial charge in [-0.1, -0.05) is 0 Å². The molecular weight excluding hydrogens is 228 g/mol. The SMILES string of the molecule is CCOCCOC(C)=O.COCCOC(C)=O. The van der Waals surface area contributed by atoms with Gasteiger partial charge in [0.15, 0.2) is 0 Å². The average Bonchev–Trinajstić information content (AvgIpc) is 2.25. The van der Waals surface area contributed by atoms with Gasteiger partial charge in [-0.3, -0.25) is 9.59 Å². The molecule has 17 heavy (non-hydrogen) atoms. The van der Waals surface area contributed by atoms with Gasteiger partial charge in [0.25, 0.3) is 0 Å². The molecule has 0 saturated carbocycles. The van der Waals surface area contributed by atoms with Gasteiger partial charge in [-0.15, -0.1) is 0 Å². The predicted molar refractivity (Wildman–Crippen MR) is 61.6 cm³/mol. The highest BCUT2D eigenvalue weighted by Crippen LogP contribution is 1.77. The first-order valence-corrected chi connectivity index (χ1v) is 5.38. The fourth-order valence-electron chi connectivity index (χ4n) is 0.657. The summed E-state index contributed by atoms with van der Waals surface area (Å²) in [5.41, 5.74) is 0. The van der Waals surface area contributed by atoms with E-state index in [9.17, 15) is 9.59 Å². The summed E-state index contributed by atoms with van der Waals surface area (Å²) >= 11 is 0. The molecule has 0 saturated heterocycles. The van der Waals surface area contributed by atoms with E-state index in [-0.39, 0.29) is 11.9 Å². The summed E-state index contributed by atoms with van der Waals surface area (Å²) in [4.78, 5) is 20.2. The minimum absolute atomic E-state index is 0.255. The molecule has 0 aromatic carbocycles. The van der Waals surface area contributed by atoms with Gasteiger partial charge in [0.2, 0.25) is 0 Å². The zero-order chi connectivity index (χ0) is 13.5. The molecule has 0 aromatic rings. The van der Waals surface area contributed by atoms with Gasteiger partial charge in [-0.05, 0) is 6.92 Å². The molecular formula is C11H22O6. The Hall–Kier alpha value is -1.14. The molecule has 0 N–H and O–H groups in total. The van der Waals surface area contributed by atoms with Crippen LogP contribution in [0, 0.1) is 0 Å². The highest BCUT2D eigenvalue weighted by Gasteiger charge is 1.89. The van der Waals surface area contributed by atoms with Crippen molar-refractivity contribution in [1.29, 1.82) is 0 Å². The van der Waals surface area contributed by atoms with Gasteiger partial charge in [0, 0.05) is 27.6 Å². The van der Waals surface area contributed by atoms with Crippen LogP contribution in [0.15, 0.2) is 0 Å². The highest BCUT2D eigenvalue weighted by molar-refractivity contribution is 5.66. The molecule has 102 valence electrons. The summed E-state index contributed by atoms with van der Waals surface area (Å²) in [5.74, 6) is -0.517. The third-order valence-corrected chi connectivity index (χ3v) is 1.33. The zero-order valence-corrected chi connectivity index (χ0v) is 11.0. The Bertz CT molecular complexity index is 192. The van der Waals surface area contributed by atoms with Gasteiger partial charge in [0.1, 0.15) is 13.2 Å². The topological polar surface area (TPSA) is 71.1 Å². The van der Waals surface area contributed by atoms with E-state index < -0.39 is 0 Å². The molecule has 0 radical (unpaired) electrons. The second-order valence-electron chi connectivity index (χ2n) is 2.87. The van der Waals surface area contributed by atoms with Gasteiger partial charge >= 0.3 is 11.9 Å². The van der Waals surface area contributed by atoms with Crippen molar-refractivity contribution in [3.05, 3.63) is 0 Å². The molecule has 0 spiro atoms. The van der Waals surface area contributed by atoms with Crippen LogP contribution >= 0.6 is 0 Å². The fourth-order valence-corrected chi connectivity index (χ4v) is 0.657. The van der Waals surface area contributed by atoms with E-state index >= 15 is 0 Å². The van der Waals surface area contributed by atoms with Crippen LogP contribution in [0.4, 0.5) is 0 Å². The quantitative estimate of drug-likeness (QED) is 0.491. The summed E-state index contributed by atoms with van der Waals surface area (Å²) < 4.78 is 18.6. The molecule has 0 unspecified atom stereocenters. The lowest BCUT2D eigenvalue weighted by molar-refractivity contribution is -0.143. The fraction of sp³-hybridized carbons (Fsp3) is 0.818. The maximum absolute atomic E-state index is 10.1. The summed E-state index contributed by atoms with van der Waals surface area (Å²) in [6.07, 6.45) is 0. The Kier molecular flexibility index (Phi) is 15.9. The number of ether oxygens (including phenoxy) is 4. The van der Waals surface area contributed by atoms with Crippen molar-refractivity contribution in [3.63, 3.8) is 0 Å². The van der Waals surface area contributed by atoms with Crippen LogP contribution in [0.1, 0.15) is 20.8 Å². The molecule has 0 aliphatic heterocycles. The number of hydrogen-bond acceptors (Lipinski definition) is 6. The molecule has 0 aliphatic carbocycles. The van der Waals surface area contributed by atoms with E-state index in [1.54, 1.807) is 7.11 Å². The number of carbonyl (C=O) groups is 2. The van der Waals surface area contributed by atoms with Crippen LogP contribution < -0.4 is 0 Å². The molecule has 0 rings (SSSR count). The minimum Gasteiger partial charge on any atom is -0.463 e. The van der Waals surface area contributed by atoms with Crippen LogP contribution in [0.3, 0.4) is 0 Å². The monoisotopic (exact) mass is 250 g/mol. The number of methoxy groups -OCH3 is 1. The van der Waals surface area contributed by atoms with Crippen molar-refractivity contribution >= 4 is 11.9 Å². The van der Waals surface area contributed by atoms with Crippen LogP contribution in [-0.2, 0) is 28.5 Å². The number of hydrogen-bond donors (Lipinski definition) is 0. The third kappa shape index (κ3) is 25.3. The highest BCUT2D eigenvalue weighted by atomic mass is 16.6. The minimum atomic E-state index is -0.262. The van der Waals surface area contributed by atoms with E-state index in [0.29, 0.717) is 33.0 Å². The molecule has 6 nitrogen and oxygen atoms in total. The molecule has 0 aliphatic rings. The van der Waals surface area contributed by atoms with Gasteiger partial charge in [0.05, 0.1) is 13.2 Å². The Labute approximate surface area is 102 Å². The molecule has 0 heterocycles. The first-order valence-electron chi connectivity index (χ1n) is 5.38. The summed E-state index contributed by atoms with van der Waals surface area (Å²) in [5, 5.41) is 0. The molecule has 0 aromatic heterocycles. The smallest absolute Gasteiger partial charge is 0.302 e. The third-order valence-electron chi connectivity index (χ3n) is 1.33. The number of esters is 2. The Morgan fingerprint density at radius 2 is 1.35 bits per heavy atom. The van der Waals surface area contributed by atoms with E-state index in [2.05, 4.69) is 14.2 Å². The molecule has 0 atom stereocenters. The van der Waals surface area contributed by atoms with Gasteiger partial charge < -0.3 is 18.9 Å². The van der Waals surface area contributed by atoms with Crippen molar-refractivity contribution in [1.82, 2.24) is 0 Å².